The Hall–Kier alpha value is -2.75. The molecule has 1 heterocycles. The third-order valence-electron chi connectivity index (χ3n) is 5.21. The van der Waals surface area contributed by atoms with Crippen molar-refractivity contribution in [2.24, 2.45) is 0 Å². The zero-order valence-corrected chi connectivity index (χ0v) is 17.3. The van der Waals surface area contributed by atoms with Gasteiger partial charge in [0.2, 0.25) is 5.91 Å². The number of carbonyl (C=O) groups excluding carboxylic acids is 1. The number of amides is 1. The molecule has 4 heteroatoms. The third-order valence-corrected chi connectivity index (χ3v) is 5.21. The van der Waals surface area contributed by atoms with Crippen LogP contribution in [-0.2, 0) is 10.2 Å². The molecule has 2 aromatic rings. The van der Waals surface area contributed by atoms with Crippen LogP contribution in [0.5, 0.6) is 5.75 Å². The summed E-state index contributed by atoms with van der Waals surface area (Å²) in [5.41, 5.74) is 3.57. The molecule has 148 valence electrons. The number of ether oxygens (including phenoxy) is 1. The molecule has 0 N–H and O–H groups in total. The zero-order valence-electron chi connectivity index (χ0n) is 17.3. The average Bonchev–Trinajstić information content (AvgIpc) is 2.71. The van der Waals surface area contributed by atoms with Crippen molar-refractivity contribution >= 4 is 17.7 Å². The second-order valence-corrected chi connectivity index (χ2v) is 8.19. The van der Waals surface area contributed by atoms with Crippen LogP contribution in [0.15, 0.2) is 54.6 Å². The molecule has 0 spiro atoms. The molecular weight excluding hydrogens is 348 g/mol. The summed E-state index contributed by atoms with van der Waals surface area (Å²) < 4.78 is 5.46. The molecule has 28 heavy (non-hydrogen) atoms. The monoisotopic (exact) mass is 378 g/mol. The smallest absolute Gasteiger partial charge is 0.246 e. The Bertz CT molecular complexity index is 826. The first kappa shape index (κ1) is 20.0. The minimum atomic E-state index is 0.0691. The number of methoxy groups -OCH3 is 1. The lowest BCUT2D eigenvalue weighted by Crippen LogP contribution is -2.48. The number of hydrogen-bond acceptors (Lipinski definition) is 3. The lowest BCUT2D eigenvalue weighted by Gasteiger charge is -2.36. The molecule has 3 rings (SSSR count). The van der Waals surface area contributed by atoms with Gasteiger partial charge in [0.15, 0.2) is 0 Å². The number of hydrogen-bond donors (Lipinski definition) is 0. The fraction of sp³-hybridized carbons (Fsp3) is 0.375. The molecular formula is C24H30N2O2. The fourth-order valence-electron chi connectivity index (χ4n) is 3.43. The molecule has 1 fully saturated rings. The van der Waals surface area contributed by atoms with Crippen LogP contribution in [0.2, 0.25) is 0 Å². The van der Waals surface area contributed by atoms with Gasteiger partial charge in [-0.25, -0.2) is 0 Å². The molecule has 0 aromatic heterocycles. The van der Waals surface area contributed by atoms with E-state index in [0.717, 1.165) is 30.1 Å². The number of rotatable bonds is 4. The van der Waals surface area contributed by atoms with Gasteiger partial charge in [-0.05, 0) is 34.8 Å². The van der Waals surface area contributed by atoms with E-state index in [9.17, 15) is 4.79 Å². The van der Waals surface area contributed by atoms with Crippen molar-refractivity contribution in [3.63, 3.8) is 0 Å². The summed E-state index contributed by atoms with van der Waals surface area (Å²) >= 11 is 0. The van der Waals surface area contributed by atoms with Crippen molar-refractivity contribution < 1.29 is 9.53 Å². The number of nitrogens with zero attached hydrogens (tertiary/aromatic N) is 2. The zero-order chi connectivity index (χ0) is 20.1. The van der Waals surface area contributed by atoms with Gasteiger partial charge >= 0.3 is 0 Å². The number of piperazine rings is 1. The fourth-order valence-corrected chi connectivity index (χ4v) is 3.43. The van der Waals surface area contributed by atoms with E-state index in [4.69, 9.17) is 4.74 Å². The first-order chi connectivity index (χ1) is 13.4. The van der Waals surface area contributed by atoms with Gasteiger partial charge < -0.3 is 14.5 Å². The molecule has 0 saturated carbocycles. The van der Waals surface area contributed by atoms with E-state index in [1.54, 1.807) is 13.2 Å². The highest BCUT2D eigenvalue weighted by atomic mass is 16.5. The maximum Gasteiger partial charge on any atom is 0.246 e. The molecule has 1 aliphatic rings. The maximum atomic E-state index is 12.6. The average molecular weight is 379 g/mol. The number of para-hydroxylation sites is 2. The molecule has 1 aliphatic heterocycles. The van der Waals surface area contributed by atoms with Crippen LogP contribution in [0.3, 0.4) is 0 Å². The minimum Gasteiger partial charge on any atom is -0.495 e. The van der Waals surface area contributed by atoms with E-state index in [0.29, 0.717) is 13.1 Å². The molecule has 0 atom stereocenters. The van der Waals surface area contributed by atoms with E-state index in [1.165, 1.54) is 5.56 Å². The molecule has 0 unspecified atom stereocenters. The SMILES string of the molecule is COc1ccccc1N1CCN(C(=O)/C=C/c2ccc(C(C)(C)C)cc2)CC1. The van der Waals surface area contributed by atoms with Gasteiger partial charge in [0.25, 0.3) is 0 Å². The van der Waals surface area contributed by atoms with Crippen LogP contribution in [-0.4, -0.2) is 44.1 Å². The molecule has 0 radical (unpaired) electrons. The van der Waals surface area contributed by atoms with E-state index < -0.39 is 0 Å². The van der Waals surface area contributed by atoms with E-state index in [1.807, 2.05) is 29.2 Å². The van der Waals surface area contributed by atoms with E-state index in [2.05, 4.69) is 56.0 Å². The summed E-state index contributed by atoms with van der Waals surface area (Å²) in [6.07, 6.45) is 3.59. The van der Waals surface area contributed by atoms with Crippen LogP contribution in [0.4, 0.5) is 5.69 Å². The second kappa shape index (κ2) is 8.51. The lowest BCUT2D eigenvalue weighted by molar-refractivity contribution is -0.126. The van der Waals surface area contributed by atoms with Gasteiger partial charge in [-0.1, -0.05) is 57.2 Å². The van der Waals surface area contributed by atoms with Crippen LogP contribution in [0, 0.1) is 0 Å². The Labute approximate surface area is 168 Å². The number of carbonyl (C=O) groups is 1. The summed E-state index contributed by atoms with van der Waals surface area (Å²) in [6.45, 7) is 9.64. The van der Waals surface area contributed by atoms with Crippen molar-refractivity contribution in [3.8, 4) is 5.75 Å². The highest BCUT2D eigenvalue weighted by molar-refractivity contribution is 5.92. The highest BCUT2D eigenvalue weighted by Crippen LogP contribution is 2.28. The molecule has 2 aromatic carbocycles. The van der Waals surface area contributed by atoms with Gasteiger partial charge in [0.1, 0.15) is 5.75 Å². The molecule has 0 bridgehead atoms. The van der Waals surface area contributed by atoms with Crippen molar-refractivity contribution in [2.45, 2.75) is 26.2 Å². The summed E-state index contributed by atoms with van der Waals surface area (Å²) in [5, 5.41) is 0. The second-order valence-electron chi connectivity index (χ2n) is 8.19. The Balaban J connectivity index is 1.57. The molecule has 0 aliphatic carbocycles. The van der Waals surface area contributed by atoms with Gasteiger partial charge in [-0.3, -0.25) is 4.79 Å². The Morgan fingerprint density at radius 2 is 1.61 bits per heavy atom. The summed E-state index contributed by atoms with van der Waals surface area (Å²) in [5.74, 6) is 0.945. The topological polar surface area (TPSA) is 32.8 Å². The predicted molar refractivity (Wildman–Crippen MR) is 116 cm³/mol. The predicted octanol–water partition coefficient (Wildman–Crippen LogP) is 4.35. The third kappa shape index (κ3) is 4.75. The van der Waals surface area contributed by atoms with Crippen LogP contribution in [0.1, 0.15) is 31.9 Å². The first-order valence-electron chi connectivity index (χ1n) is 9.84. The Kier molecular flexibility index (Phi) is 6.08. The van der Waals surface area contributed by atoms with Crippen molar-refractivity contribution in [1.29, 1.82) is 0 Å². The first-order valence-corrected chi connectivity index (χ1v) is 9.84. The summed E-state index contributed by atoms with van der Waals surface area (Å²) in [6, 6.07) is 16.4. The van der Waals surface area contributed by atoms with E-state index >= 15 is 0 Å². The summed E-state index contributed by atoms with van der Waals surface area (Å²) in [4.78, 5) is 16.7. The Morgan fingerprint density at radius 1 is 0.964 bits per heavy atom. The maximum absolute atomic E-state index is 12.6. The van der Waals surface area contributed by atoms with Crippen LogP contribution >= 0.6 is 0 Å². The largest absolute Gasteiger partial charge is 0.495 e. The van der Waals surface area contributed by atoms with Crippen molar-refractivity contribution in [1.82, 2.24) is 4.90 Å². The number of benzene rings is 2. The van der Waals surface area contributed by atoms with Gasteiger partial charge in [0.05, 0.1) is 12.8 Å². The van der Waals surface area contributed by atoms with Gasteiger partial charge in [0, 0.05) is 32.3 Å². The Morgan fingerprint density at radius 3 is 2.21 bits per heavy atom. The lowest BCUT2D eigenvalue weighted by atomic mass is 9.87. The van der Waals surface area contributed by atoms with Crippen molar-refractivity contribution in [3.05, 3.63) is 65.7 Å². The minimum absolute atomic E-state index is 0.0691. The standard InChI is InChI=1S/C24H30N2O2/c1-24(2,3)20-12-9-19(10-13-20)11-14-23(27)26-17-15-25(16-18-26)21-7-5-6-8-22(21)28-4/h5-14H,15-18H2,1-4H3/b14-11+. The van der Waals surface area contributed by atoms with Crippen LogP contribution in [0.25, 0.3) is 6.08 Å². The molecule has 4 nitrogen and oxygen atoms in total. The molecule has 1 saturated heterocycles. The molecule has 1 amide bonds. The normalized spacial score (nSPS) is 15.1. The summed E-state index contributed by atoms with van der Waals surface area (Å²) in [7, 11) is 1.69. The van der Waals surface area contributed by atoms with Crippen molar-refractivity contribution in [2.75, 3.05) is 38.2 Å². The van der Waals surface area contributed by atoms with Crippen LogP contribution < -0.4 is 9.64 Å². The quantitative estimate of drug-likeness (QED) is 0.742. The van der Waals surface area contributed by atoms with Gasteiger partial charge in [-0.15, -0.1) is 0 Å². The highest BCUT2D eigenvalue weighted by Gasteiger charge is 2.21. The van der Waals surface area contributed by atoms with E-state index in [-0.39, 0.29) is 11.3 Å². The van der Waals surface area contributed by atoms with Gasteiger partial charge in [-0.2, -0.15) is 0 Å². The number of anilines is 1.